The van der Waals surface area contributed by atoms with Gasteiger partial charge < -0.3 is 4.74 Å². The van der Waals surface area contributed by atoms with Crippen LogP contribution < -0.4 is 0 Å². The van der Waals surface area contributed by atoms with E-state index in [0.29, 0.717) is 5.92 Å². The first-order chi connectivity index (χ1) is 6.26. The zero-order valence-corrected chi connectivity index (χ0v) is 8.82. The molecule has 13 heavy (non-hydrogen) atoms. The first-order valence-corrected chi connectivity index (χ1v) is 4.91. The monoisotopic (exact) mass is 184 g/mol. The highest BCUT2D eigenvalue weighted by atomic mass is 16.5. The van der Waals surface area contributed by atoms with Gasteiger partial charge in [-0.05, 0) is 12.5 Å². The van der Waals surface area contributed by atoms with E-state index in [9.17, 15) is 4.79 Å². The van der Waals surface area contributed by atoms with Gasteiger partial charge in [0.05, 0.1) is 6.10 Å². The van der Waals surface area contributed by atoms with Crippen molar-refractivity contribution in [2.45, 2.75) is 39.2 Å². The van der Waals surface area contributed by atoms with E-state index < -0.39 is 0 Å². The number of hydrogen-bond acceptors (Lipinski definition) is 2. The largest absolute Gasteiger partial charge is 0.381 e. The lowest BCUT2D eigenvalue weighted by molar-refractivity contribution is -0.104. The van der Waals surface area contributed by atoms with Crippen LogP contribution in [0.3, 0.4) is 0 Å². The zero-order valence-electron chi connectivity index (χ0n) is 8.82. The van der Waals surface area contributed by atoms with E-state index in [2.05, 4.69) is 13.8 Å². The molecule has 0 aromatic heterocycles. The molecule has 0 aromatic rings. The Morgan fingerprint density at radius 3 is 2.62 bits per heavy atom. The Morgan fingerprint density at radius 1 is 1.46 bits per heavy atom. The second-order valence-electron chi connectivity index (χ2n) is 3.30. The van der Waals surface area contributed by atoms with E-state index >= 15 is 0 Å². The van der Waals surface area contributed by atoms with E-state index in [-0.39, 0.29) is 6.10 Å². The fourth-order valence-corrected chi connectivity index (χ4v) is 1.35. The van der Waals surface area contributed by atoms with Crippen LogP contribution in [0.1, 0.15) is 33.1 Å². The summed E-state index contributed by atoms with van der Waals surface area (Å²) in [6, 6.07) is 0. The summed E-state index contributed by atoms with van der Waals surface area (Å²) in [5.74, 6) is 0.321. The lowest BCUT2D eigenvalue weighted by Gasteiger charge is -2.19. The Hall–Kier alpha value is -0.630. The maximum atomic E-state index is 10.1. The molecule has 0 amide bonds. The fourth-order valence-electron chi connectivity index (χ4n) is 1.35. The number of rotatable bonds is 7. The predicted octanol–water partition coefficient (Wildman–Crippen LogP) is 2.58. The Bertz CT molecular complexity index is 152. The Balaban J connectivity index is 3.90. The second-order valence-corrected chi connectivity index (χ2v) is 3.30. The summed E-state index contributed by atoms with van der Waals surface area (Å²) in [5.41, 5.74) is 0. The van der Waals surface area contributed by atoms with Crippen LogP contribution >= 0.6 is 0 Å². The number of carbonyl (C=O) groups excluding carboxylic acids is 1. The summed E-state index contributed by atoms with van der Waals surface area (Å²) >= 11 is 0. The van der Waals surface area contributed by atoms with Crippen LogP contribution in [0.4, 0.5) is 0 Å². The average Bonchev–Trinajstić information content (AvgIpc) is 2.16. The Labute approximate surface area is 81.0 Å². The van der Waals surface area contributed by atoms with Crippen LogP contribution in [0.25, 0.3) is 0 Å². The van der Waals surface area contributed by atoms with Gasteiger partial charge >= 0.3 is 0 Å². The molecular formula is C11H20O2. The van der Waals surface area contributed by atoms with Crippen molar-refractivity contribution in [2.24, 2.45) is 5.92 Å². The van der Waals surface area contributed by atoms with Gasteiger partial charge in [-0.15, -0.1) is 0 Å². The molecule has 0 aliphatic rings. The van der Waals surface area contributed by atoms with Crippen molar-refractivity contribution in [3.8, 4) is 0 Å². The van der Waals surface area contributed by atoms with Crippen molar-refractivity contribution in [3.05, 3.63) is 12.2 Å². The number of allylic oxidation sites excluding steroid dienone is 1. The molecule has 0 heterocycles. The van der Waals surface area contributed by atoms with Gasteiger partial charge in [0.25, 0.3) is 0 Å². The van der Waals surface area contributed by atoms with Gasteiger partial charge in [-0.3, -0.25) is 4.79 Å². The normalized spacial score (nSPS) is 15.9. The summed E-state index contributed by atoms with van der Waals surface area (Å²) in [7, 11) is 1.73. The number of hydrogen-bond donors (Lipinski definition) is 0. The van der Waals surface area contributed by atoms with Crippen LogP contribution in [0.2, 0.25) is 0 Å². The molecule has 2 heteroatoms. The number of carbonyl (C=O) groups is 1. The second kappa shape index (κ2) is 7.99. The summed E-state index contributed by atoms with van der Waals surface area (Å²) in [6.07, 6.45) is 7.93. The van der Waals surface area contributed by atoms with Crippen molar-refractivity contribution in [1.82, 2.24) is 0 Å². The van der Waals surface area contributed by atoms with Gasteiger partial charge in [-0.2, -0.15) is 0 Å². The van der Waals surface area contributed by atoms with E-state index in [1.165, 1.54) is 12.8 Å². The van der Waals surface area contributed by atoms with Crippen molar-refractivity contribution in [3.63, 3.8) is 0 Å². The molecule has 0 aromatic carbocycles. The molecule has 0 aliphatic carbocycles. The molecule has 0 radical (unpaired) electrons. The van der Waals surface area contributed by atoms with Crippen LogP contribution in [-0.2, 0) is 9.53 Å². The fraction of sp³-hybridized carbons (Fsp3) is 0.727. The summed E-state index contributed by atoms with van der Waals surface area (Å²) in [5, 5.41) is 0. The topological polar surface area (TPSA) is 26.3 Å². The van der Waals surface area contributed by atoms with Crippen molar-refractivity contribution < 1.29 is 9.53 Å². The van der Waals surface area contributed by atoms with Crippen LogP contribution in [0, 0.1) is 5.92 Å². The minimum absolute atomic E-state index is 0.246. The molecule has 2 atom stereocenters. The van der Waals surface area contributed by atoms with Gasteiger partial charge in [-0.1, -0.05) is 32.8 Å². The van der Waals surface area contributed by atoms with E-state index in [4.69, 9.17) is 4.74 Å². The van der Waals surface area contributed by atoms with Crippen LogP contribution in [0.5, 0.6) is 0 Å². The average molecular weight is 184 g/mol. The van der Waals surface area contributed by atoms with Gasteiger partial charge in [0.15, 0.2) is 0 Å². The molecule has 0 N–H and O–H groups in total. The first kappa shape index (κ1) is 12.4. The Morgan fingerprint density at radius 2 is 2.15 bits per heavy atom. The van der Waals surface area contributed by atoms with Gasteiger partial charge in [0.2, 0.25) is 0 Å². The third-order valence-corrected chi connectivity index (χ3v) is 2.22. The third kappa shape index (κ3) is 5.58. The predicted molar refractivity (Wildman–Crippen MR) is 54.7 cm³/mol. The highest BCUT2D eigenvalue weighted by Crippen LogP contribution is 2.14. The van der Waals surface area contributed by atoms with Gasteiger partial charge in [0.1, 0.15) is 6.29 Å². The minimum atomic E-state index is 0.246. The van der Waals surface area contributed by atoms with E-state index in [1.54, 1.807) is 13.2 Å². The molecule has 2 nitrogen and oxygen atoms in total. The number of ether oxygens (including phenoxy) is 1. The molecule has 76 valence electrons. The van der Waals surface area contributed by atoms with E-state index in [1.807, 2.05) is 6.08 Å². The molecule has 0 spiro atoms. The Kier molecular flexibility index (Phi) is 7.60. The molecule has 0 aliphatic heterocycles. The third-order valence-electron chi connectivity index (χ3n) is 2.22. The van der Waals surface area contributed by atoms with E-state index in [0.717, 1.165) is 12.7 Å². The van der Waals surface area contributed by atoms with Crippen molar-refractivity contribution in [2.75, 3.05) is 7.11 Å². The lowest BCUT2D eigenvalue weighted by atomic mass is 9.99. The smallest absolute Gasteiger partial charge is 0.142 e. The standard InChI is InChI=1S/C11H20O2/c1-4-5-8-11(13-3)10(2)7-6-9-12/h6-7,9-11H,4-5,8H2,1-3H3. The molecular weight excluding hydrogens is 164 g/mol. The molecule has 2 unspecified atom stereocenters. The summed E-state index contributed by atoms with van der Waals surface area (Å²) in [4.78, 5) is 10.1. The number of aldehydes is 1. The molecule has 0 fully saturated rings. The lowest BCUT2D eigenvalue weighted by Crippen LogP contribution is -2.18. The number of methoxy groups -OCH3 is 1. The SMILES string of the molecule is CCCCC(OC)C(C)C=CC=O. The molecule has 0 saturated heterocycles. The van der Waals surface area contributed by atoms with Crippen molar-refractivity contribution >= 4 is 6.29 Å². The molecule has 0 saturated carbocycles. The van der Waals surface area contributed by atoms with Gasteiger partial charge in [-0.25, -0.2) is 0 Å². The van der Waals surface area contributed by atoms with Gasteiger partial charge in [0, 0.05) is 13.0 Å². The maximum absolute atomic E-state index is 10.1. The summed E-state index contributed by atoms with van der Waals surface area (Å²) < 4.78 is 5.34. The summed E-state index contributed by atoms with van der Waals surface area (Å²) in [6.45, 7) is 4.24. The molecule has 0 rings (SSSR count). The van der Waals surface area contributed by atoms with Crippen LogP contribution in [0.15, 0.2) is 12.2 Å². The highest BCUT2D eigenvalue weighted by Gasteiger charge is 2.12. The first-order valence-electron chi connectivity index (χ1n) is 4.91. The number of unbranched alkanes of at least 4 members (excludes halogenated alkanes) is 1. The maximum Gasteiger partial charge on any atom is 0.142 e. The van der Waals surface area contributed by atoms with Crippen molar-refractivity contribution in [1.29, 1.82) is 0 Å². The molecule has 0 bridgehead atoms. The quantitative estimate of drug-likeness (QED) is 0.449. The minimum Gasteiger partial charge on any atom is -0.381 e. The van der Waals surface area contributed by atoms with Crippen LogP contribution in [-0.4, -0.2) is 19.5 Å². The highest BCUT2D eigenvalue weighted by molar-refractivity contribution is 5.64. The zero-order chi connectivity index (χ0) is 10.1.